The van der Waals surface area contributed by atoms with E-state index in [4.69, 9.17) is 16.6 Å². The molecule has 15 heavy (non-hydrogen) atoms. The third kappa shape index (κ3) is 5.73. The number of hydrogen-bond donors (Lipinski definition) is 3. The van der Waals surface area contributed by atoms with Crippen molar-refractivity contribution in [1.82, 2.24) is 0 Å². The summed E-state index contributed by atoms with van der Waals surface area (Å²) in [4.78, 5) is 22.1. The van der Waals surface area contributed by atoms with Crippen LogP contribution in [0.15, 0.2) is 0 Å². The van der Waals surface area contributed by atoms with Crippen LogP contribution in [-0.4, -0.2) is 47.7 Å². The van der Waals surface area contributed by atoms with Gasteiger partial charge in [-0.15, -0.1) is 0 Å². The van der Waals surface area contributed by atoms with Gasteiger partial charge in [-0.05, 0) is 18.4 Å². The van der Waals surface area contributed by atoms with Gasteiger partial charge in [0.15, 0.2) is 0 Å². The molecule has 0 aromatic heterocycles. The molecule has 0 aromatic rings. The molecule has 0 unspecified atom stereocenters. The summed E-state index contributed by atoms with van der Waals surface area (Å²) in [5, 5.41) is 8.53. The predicted molar refractivity (Wildman–Crippen MR) is 57.1 cm³/mol. The van der Waals surface area contributed by atoms with Crippen molar-refractivity contribution in [2.75, 3.05) is 18.6 Å². The Bertz CT molecular complexity index is 225. The van der Waals surface area contributed by atoms with Gasteiger partial charge in [0.25, 0.3) is 0 Å². The molecule has 7 heteroatoms. The zero-order valence-electron chi connectivity index (χ0n) is 8.51. The first-order valence-corrected chi connectivity index (χ1v) is 5.78. The first kappa shape index (κ1) is 14.4. The van der Waals surface area contributed by atoms with Crippen LogP contribution in [0.5, 0.6) is 0 Å². The molecule has 6 nitrogen and oxygen atoms in total. The van der Waals surface area contributed by atoms with Crippen LogP contribution >= 0.6 is 11.8 Å². The normalized spacial score (nSPS) is 14.4. The van der Waals surface area contributed by atoms with Crippen molar-refractivity contribution in [3.05, 3.63) is 0 Å². The van der Waals surface area contributed by atoms with E-state index in [1.54, 1.807) is 0 Å². The summed E-state index contributed by atoms with van der Waals surface area (Å²) >= 11 is 1.54. The fourth-order valence-corrected chi connectivity index (χ4v) is 1.18. The number of carbonyl (C=O) groups excluding carboxylic acids is 2. The molecule has 0 aliphatic rings. The molecule has 0 amide bonds. The van der Waals surface area contributed by atoms with Crippen LogP contribution in [0.4, 0.5) is 0 Å². The van der Waals surface area contributed by atoms with Crippen LogP contribution in [0, 0.1) is 0 Å². The van der Waals surface area contributed by atoms with Crippen molar-refractivity contribution in [3.63, 3.8) is 0 Å². The summed E-state index contributed by atoms with van der Waals surface area (Å²) in [5.74, 6) is -1.06. The van der Waals surface area contributed by atoms with Gasteiger partial charge in [-0.3, -0.25) is 0 Å². The Morgan fingerprint density at radius 3 is 2.33 bits per heavy atom. The van der Waals surface area contributed by atoms with E-state index in [9.17, 15) is 9.59 Å². The van der Waals surface area contributed by atoms with E-state index >= 15 is 0 Å². The molecule has 0 aliphatic heterocycles. The number of aliphatic hydroxyl groups excluding tert-OH is 1. The highest BCUT2D eigenvalue weighted by atomic mass is 32.2. The third-order valence-corrected chi connectivity index (χ3v) is 2.28. The molecule has 0 radical (unpaired) electrons. The predicted octanol–water partition coefficient (Wildman–Crippen LogP) is -1.54. The van der Waals surface area contributed by atoms with E-state index < -0.39 is 30.6 Å². The van der Waals surface area contributed by atoms with Crippen LogP contribution in [0.2, 0.25) is 0 Å². The van der Waals surface area contributed by atoms with E-state index in [0.717, 1.165) is 0 Å². The molecular weight excluding hydrogens is 220 g/mol. The Balaban J connectivity index is 3.96. The average molecular weight is 236 g/mol. The lowest BCUT2D eigenvalue weighted by molar-refractivity contribution is -0.162. The van der Waals surface area contributed by atoms with E-state index in [1.165, 1.54) is 11.8 Å². The van der Waals surface area contributed by atoms with Crippen LogP contribution in [0.3, 0.4) is 0 Å². The largest absolute Gasteiger partial charge is 0.394 e. The number of esters is 2. The van der Waals surface area contributed by atoms with Crippen molar-refractivity contribution in [2.24, 2.45) is 11.5 Å². The van der Waals surface area contributed by atoms with Crippen molar-refractivity contribution in [2.45, 2.75) is 18.5 Å². The summed E-state index contributed by atoms with van der Waals surface area (Å²) < 4.78 is 4.36. The van der Waals surface area contributed by atoms with Gasteiger partial charge in [0.2, 0.25) is 0 Å². The standard InChI is InChI=1S/C8H16N2O4S/c1-15-3-2-5(9)7(12)14-8(13)6(10)4-11/h5-6,11H,2-4,9-10H2,1H3/t5-,6-/m0/s1. The maximum atomic E-state index is 11.2. The topological polar surface area (TPSA) is 116 Å². The second-order valence-corrected chi connectivity index (χ2v) is 3.90. The average Bonchev–Trinajstić information content (AvgIpc) is 2.24. The maximum Gasteiger partial charge on any atom is 0.332 e. The number of carbonyl (C=O) groups is 2. The molecule has 0 aliphatic carbocycles. The zero-order valence-corrected chi connectivity index (χ0v) is 9.33. The minimum absolute atomic E-state index is 0.432. The number of rotatable bonds is 6. The fourth-order valence-electron chi connectivity index (χ4n) is 0.688. The number of hydrogen-bond acceptors (Lipinski definition) is 7. The van der Waals surface area contributed by atoms with Crippen LogP contribution < -0.4 is 11.5 Å². The van der Waals surface area contributed by atoms with E-state index in [2.05, 4.69) is 4.74 Å². The number of thioether (sulfide) groups is 1. The zero-order chi connectivity index (χ0) is 11.8. The Hall–Kier alpha value is -0.630. The van der Waals surface area contributed by atoms with Gasteiger partial charge in [-0.25, -0.2) is 9.59 Å². The van der Waals surface area contributed by atoms with Crippen molar-refractivity contribution in [3.8, 4) is 0 Å². The van der Waals surface area contributed by atoms with Crippen LogP contribution in [0.25, 0.3) is 0 Å². The van der Waals surface area contributed by atoms with Gasteiger partial charge in [-0.1, -0.05) is 0 Å². The Morgan fingerprint density at radius 2 is 1.87 bits per heavy atom. The lowest BCUT2D eigenvalue weighted by Gasteiger charge is -2.11. The first-order chi connectivity index (χ1) is 7.02. The Morgan fingerprint density at radius 1 is 1.33 bits per heavy atom. The summed E-state index contributed by atoms with van der Waals surface area (Å²) in [5.41, 5.74) is 10.6. The molecule has 88 valence electrons. The summed E-state index contributed by atoms with van der Waals surface area (Å²) in [6.45, 7) is -0.563. The highest BCUT2D eigenvalue weighted by Gasteiger charge is 2.22. The maximum absolute atomic E-state index is 11.2. The molecule has 0 saturated carbocycles. The summed E-state index contributed by atoms with van der Waals surface area (Å²) in [7, 11) is 0. The minimum atomic E-state index is -1.19. The smallest absolute Gasteiger partial charge is 0.332 e. The first-order valence-electron chi connectivity index (χ1n) is 4.39. The summed E-state index contributed by atoms with van der Waals surface area (Å²) in [6, 6.07) is -2.02. The lowest BCUT2D eigenvalue weighted by Crippen LogP contribution is -2.41. The summed E-state index contributed by atoms with van der Waals surface area (Å²) in [6.07, 6.45) is 2.31. The van der Waals surface area contributed by atoms with Crippen molar-refractivity contribution in [1.29, 1.82) is 0 Å². The number of aliphatic hydroxyl groups is 1. The van der Waals surface area contributed by atoms with Gasteiger partial charge in [0.1, 0.15) is 12.1 Å². The number of ether oxygens (including phenoxy) is 1. The molecular formula is C8H16N2O4S. The van der Waals surface area contributed by atoms with Crippen LogP contribution in [0.1, 0.15) is 6.42 Å². The monoisotopic (exact) mass is 236 g/mol. The second-order valence-electron chi connectivity index (χ2n) is 2.92. The van der Waals surface area contributed by atoms with Gasteiger partial charge >= 0.3 is 11.9 Å². The quantitative estimate of drug-likeness (QED) is 0.378. The van der Waals surface area contributed by atoms with Crippen molar-refractivity contribution < 1.29 is 19.4 Å². The van der Waals surface area contributed by atoms with E-state index in [-0.39, 0.29) is 0 Å². The molecule has 0 saturated heterocycles. The fraction of sp³-hybridized carbons (Fsp3) is 0.750. The SMILES string of the molecule is CSCC[C@H](N)C(=O)OC(=O)[C@@H](N)CO. The molecule has 0 bridgehead atoms. The van der Waals surface area contributed by atoms with Gasteiger partial charge in [0, 0.05) is 0 Å². The second kappa shape index (κ2) is 7.63. The van der Waals surface area contributed by atoms with Gasteiger partial charge in [-0.2, -0.15) is 11.8 Å². The Labute approximate surface area is 92.3 Å². The molecule has 2 atom stereocenters. The van der Waals surface area contributed by atoms with Gasteiger partial charge in [0.05, 0.1) is 6.61 Å². The van der Waals surface area contributed by atoms with E-state index in [0.29, 0.717) is 12.2 Å². The lowest BCUT2D eigenvalue weighted by atomic mass is 10.2. The van der Waals surface area contributed by atoms with Crippen LogP contribution in [-0.2, 0) is 14.3 Å². The van der Waals surface area contributed by atoms with Gasteiger partial charge < -0.3 is 21.3 Å². The molecule has 0 heterocycles. The highest BCUT2D eigenvalue weighted by molar-refractivity contribution is 7.98. The minimum Gasteiger partial charge on any atom is -0.394 e. The highest BCUT2D eigenvalue weighted by Crippen LogP contribution is 2.00. The Kier molecular flexibility index (Phi) is 7.31. The van der Waals surface area contributed by atoms with Crippen molar-refractivity contribution >= 4 is 23.7 Å². The molecule has 0 fully saturated rings. The van der Waals surface area contributed by atoms with E-state index in [1.807, 2.05) is 6.26 Å². The molecule has 0 aromatic carbocycles. The number of nitrogens with two attached hydrogens (primary N) is 2. The molecule has 0 spiro atoms. The molecule has 5 N–H and O–H groups in total. The molecule has 0 rings (SSSR count). The third-order valence-electron chi connectivity index (χ3n) is 1.64.